The molecule has 33 heavy (non-hydrogen) atoms. The molecule has 1 saturated carbocycles. The first-order chi connectivity index (χ1) is 15.9. The molecule has 1 unspecified atom stereocenters. The number of carbonyl (C=O) groups is 1. The molecular formula is C28H37N3O2. The quantitative estimate of drug-likeness (QED) is 0.498. The molecule has 1 atom stereocenters. The van der Waals surface area contributed by atoms with Crippen LogP contribution >= 0.6 is 0 Å². The van der Waals surface area contributed by atoms with Gasteiger partial charge in [-0.15, -0.1) is 0 Å². The smallest absolute Gasteiger partial charge is 0.254 e. The SMILES string of the molecule is COc1ccc2c(c1)c(C(=O)NC(CN(C)C)c1ccccc1C)c(C)n2C1CCCCC1. The number of likely N-dealkylation sites (N-methyl/N-ethyl adjacent to an activating group) is 1. The van der Waals surface area contributed by atoms with Crippen LogP contribution in [0.4, 0.5) is 0 Å². The standard InChI is InChI=1S/C28H37N3O2/c1-19-11-9-10-14-23(19)25(18-30(3)4)29-28(32)27-20(2)31(21-12-7-6-8-13-21)26-16-15-22(33-5)17-24(26)27/h9-11,14-17,21,25H,6-8,12-13,18H2,1-5H3,(H,29,32). The molecule has 2 aromatic carbocycles. The van der Waals surface area contributed by atoms with Crippen LogP contribution < -0.4 is 10.1 Å². The summed E-state index contributed by atoms with van der Waals surface area (Å²) < 4.78 is 7.94. The third-order valence-electron chi connectivity index (χ3n) is 7.04. The van der Waals surface area contributed by atoms with Crippen LogP contribution in [0.15, 0.2) is 42.5 Å². The van der Waals surface area contributed by atoms with Gasteiger partial charge in [0, 0.05) is 29.2 Å². The van der Waals surface area contributed by atoms with Gasteiger partial charge in [0.05, 0.1) is 18.7 Å². The number of rotatable bonds is 7. The van der Waals surface area contributed by atoms with Crippen LogP contribution in [0.25, 0.3) is 10.9 Å². The second-order valence-corrected chi connectivity index (χ2v) is 9.65. The van der Waals surface area contributed by atoms with E-state index in [4.69, 9.17) is 4.74 Å². The summed E-state index contributed by atoms with van der Waals surface area (Å²) in [6.45, 7) is 4.94. The van der Waals surface area contributed by atoms with Gasteiger partial charge < -0.3 is 19.5 Å². The van der Waals surface area contributed by atoms with Gasteiger partial charge in [-0.05, 0) is 70.1 Å². The van der Waals surface area contributed by atoms with Crippen LogP contribution in [-0.2, 0) is 0 Å². The van der Waals surface area contributed by atoms with Crippen molar-refractivity contribution in [1.82, 2.24) is 14.8 Å². The number of methoxy groups -OCH3 is 1. The van der Waals surface area contributed by atoms with Gasteiger partial charge in [0.2, 0.25) is 0 Å². The van der Waals surface area contributed by atoms with Gasteiger partial charge in [0.1, 0.15) is 5.75 Å². The van der Waals surface area contributed by atoms with Crippen molar-refractivity contribution >= 4 is 16.8 Å². The molecule has 1 aliphatic rings. The van der Waals surface area contributed by atoms with E-state index in [-0.39, 0.29) is 11.9 Å². The largest absolute Gasteiger partial charge is 0.497 e. The fourth-order valence-corrected chi connectivity index (χ4v) is 5.44. The molecule has 3 aromatic rings. The molecule has 0 aliphatic heterocycles. The average molecular weight is 448 g/mol. The lowest BCUT2D eigenvalue weighted by Gasteiger charge is -2.26. The molecule has 5 heteroatoms. The highest BCUT2D eigenvalue weighted by Gasteiger charge is 2.27. The minimum Gasteiger partial charge on any atom is -0.497 e. The molecule has 1 aliphatic carbocycles. The third kappa shape index (κ3) is 4.79. The number of nitrogens with one attached hydrogen (secondary N) is 1. The van der Waals surface area contributed by atoms with Gasteiger partial charge in [0.15, 0.2) is 0 Å². The van der Waals surface area contributed by atoms with E-state index in [9.17, 15) is 4.79 Å². The summed E-state index contributed by atoms with van der Waals surface area (Å²) in [6.07, 6.45) is 6.15. The minimum atomic E-state index is -0.0909. The summed E-state index contributed by atoms with van der Waals surface area (Å²) in [5, 5.41) is 4.35. The molecule has 1 aromatic heterocycles. The average Bonchev–Trinajstić information content (AvgIpc) is 3.10. The van der Waals surface area contributed by atoms with Crippen molar-refractivity contribution in [1.29, 1.82) is 0 Å². The minimum absolute atomic E-state index is 0.0181. The lowest BCUT2D eigenvalue weighted by atomic mass is 9.95. The lowest BCUT2D eigenvalue weighted by molar-refractivity contribution is 0.0930. The van der Waals surface area contributed by atoms with E-state index in [1.165, 1.54) is 37.7 Å². The van der Waals surface area contributed by atoms with E-state index in [2.05, 4.69) is 46.8 Å². The summed E-state index contributed by atoms with van der Waals surface area (Å²) in [5.74, 6) is 0.761. The Bertz CT molecular complexity index is 1130. The Labute approximate surface area is 197 Å². The Morgan fingerprint density at radius 2 is 1.85 bits per heavy atom. The van der Waals surface area contributed by atoms with Crippen LogP contribution in [0.1, 0.15) is 71.4 Å². The van der Waals surface area contributed by atoms with E-state index in [1.54, 1.807) is 7.11 Å². The molecule has 1 fully saturated rings. The van der Waals surface area contributed by atoms with Crippen molar-refractivity contribution in [3.05, 3.63) is 64.8 Å². The zero-order chi connectivity index (χ0) is 23.5. The Hall–Kier alpha value is -2.79. The normalized spacial score (nSPS) is 15.7. The molecule has 176 valence electrons. The highest BCUT2D eigenvalue weighted by molar-refractivity contribution is 6.09. The maximum atomic E-state index is 13.9. The Morgan fingerprint density at radius 1 is 1.12 bits per heavy atom. The zero-order valence-electron chi connectivity index (χ0n) is 20.6. The third-order valence-corrected chi connectivity index (χ3v) is 7.04. The number of benzene rings is 2. The van der Waals surface area contributed by atoms with E-state index < -0.39 is 0 Å². The maximum Gasteiger partial charge on any atom is 0.254 e. The van der Waals surface area contributed by atoms with Crippen molar-refractivity contribution < 1.29 is 9.53 Å². The molecule has 0 bridgehead atoms. The predicted octanol–water partition coefficient (Wildman–Crippen LogP) is 5.80. The molecule has 0 spiro atoms. The van der Waals surface area contributed by atoms with E-state index in [1.807, 2.05) is 38.4 Å². The Morgan fingerprint density at radius 3 is 2.52 bits per heavy atom. The number of ether oxygens (including phenoxy) is 1. The number of fused-ring (bicyclic) bond motifs is 1. The molecule has 4 rings (SSSR count). The molecular weight excluding hydrogens is 410 g/mol. The van der Waals surface area contributed by atoms with Crippen molar-refractivity contribution in [3.8, 4) is 5.75 Å². The Balaban J connectivity index is 1.77. The molecule has 0 saturated heterocycles. The van der Waals surface area contributed by atoms with Crippen LogP contribution in [-0.4, -0.2) is 43.1 Å². The molecule has 1 amide bonds. The number of aryl methyl sites for hydroxylation is 1. The monoisotopic (exact) mass is 447 g/mol. The molecule has 0 radical (unpaired) electrons. The number of hydrogen-bond donors (Lipinski definition) is 1. The van der Waals surface area contributed by atoms with E-state index >= 15 is 0 Å². The fourth-order valence-electron chi connectivity index (χ4n) is 5.44. The van der Waals surface area contributed by atoms with Gasteiger partial charge >= 0.3 is 0 Å². The van der Waals surface area contributed by atoms with Gasteiger partial charge in [-0.25, -0.2) is 0 Å². The fraction of sp³-hybridized carbons (Fsp3) is 0.464. The summed E-state index contributed by atoms with van der Waals surface area (Å²) >= 11 is 0. The first-order valence-corrected chi connectivity index (χ1v) is 12.1. The molecule has 5 nitrogen and oxygen atoms in total. The molecule has 1 heterocycles. The summed E-state index contributed by atoms with van der Waals surface area (Å²) in [5.41, 5.74) is 5.30. The first-order valence-electron chi connectivity index (χ1n) is 12.1. The van der Waals surface area contributed by atoms with Crippen LogP contribution in [0, 0.1) is 13.8 Å². The topological polar surface area (TPSA) is 46.5 Å². The second kappa shape index (κ2) is 10.0. The summed E-state index contributed by atoms with van der Waals surface area (Å²) in [4.78, 5) is 16.0. The maximum absolute atomic E-state index is 13.9. The number of aromatic nitrogens is 1. The number of amides is 1. The predicted molar refractivity (Wildman–Crippen MR) is 135 cm³/mol. The summed E-state index contributed by atoms with van der Waals surface area (Å²) in [7, 11) is 5.77. The zero-order valence-corrected chi connectivity index (χ0v) is 20.6. The number of nitrogens with zero attached hydrogens (tertiary/aromatic N) is 2. The van der Waals surface area contributed by atoms with Gasteiger partial charge in [-0.2, -0.15) is 0 Å². The second-order valence-electron chi connectivity index (χ2n) is 9.65. The summed E-state index contributed by atoms with van der Waals surface area (Å²) in [6, 6.07) is 14.8. The van der Waals surface area contributed by atoms with Crippen molar-refractivity contribution in [2.24, 2.45) is 0 Å². The number of carbonyl (C=O) groups excluding carboxylic acids is 1. The van der Waals surface area contributed by atoms with E-state index in [0.29, 0.717) is 6.04 Å². The van der Waals surface area contributed by atoms with Crippen molar-refractivity contribution in [2.45, 2.75) is 58.0 Å². The Kier molecular flexibility index (Phi) is 7.08. The highest BCUT2D eigenvalue weighted by atomic mass is 16.5. The van der Waals surface area contributed by atoms with Crippen molar-refractivity contribution in [3.63, 3.8) is 0 Å². The first kappa shape index (κ1) is 23.4. The van der Waals surface area contributed by atoms with Gasteiger partial charge in [-0.3, -0.25) is 4.79 Å². The van der Waals surface area contributed by atoms with Crippen LogP contribution in [0.3, 0.4) is 0 Å². The van der Waals surface area contributed by atoms with Crippen LogP contribution in [0.2, 0.25) is 0 Å². The molecule has 1 N–H and O–H groups in total. The van der Waals surface area contributed by atoms with Crippen LogP contribution in [0.5, 0.6) is 5.75 Å². The van der Waals surface area contributed by atoms with Gasteiger partial charge in [0.25, 0.3) is 5.91 Å². The lowest BCUT2D eigenvalue weighted by Crippen LogP contribution is -2.36. The highest BCUT2D eigenvalue weighted by Crippen LogP contribution is 2.37. The number of hydrogen-bond acceptors (Lipinski definition) is 3. The van der Waals surface area contributed by atoms with Crippen molar-refractivity contribution in [2.75, 3.05) is 27.7 Å². The van der Waals surface area contributed by atoms with Gasteiger partial charge in [-0.1, -0.05) is 43.5 Å². The van der Waals surface area contributed by atoms with E-state index in [0.717, 1.165) is 40.0 Å².